The molecule has 1 aromatic carbocycles. The molecule has 0 fully saturated rings. The molecule has 0 aliphatic carbocycles. The molecule has 0 spiro atoms. The molecule has 124 valence electrons. The zero-order valence-corrected chi connectivity index (χ0v) is 13.7. The van der Waals surface area contributed by atoms with Gasteiger partial charge in [-0.25, -0.2) is 0 Å². The Kier molecular flexibility index (Phi) is 3.82. The van der Waals surface area contributed by atoms with Crippen LogP contribution in [0.2, 0.25) is 0 Å². The molecule has 0 unspecified atom stereocenters. The number of nitriles is 1. The van der Waals surface area contributed by atoms with Crippen LogP contribution in [0.5, 0.6) is 11.5 Å². The van der Waals surface area contributed by atoms with Crippen molar-refractivity contribution in [1.29, 1.82) is 5.26 Å². The fourth-order valence-corrected chi connectivity index (χ4v) is 3.00. The lowest BCUT2D eigenvalue weighted by atomic mass is 9.85. The highest BCUT2D eigenvalue weighted by Gasteiger charge is 2.44. The predicted molar refractivity (Wildman–Crippen MR) is 87.3 cm³/mol. The Morgan fingerprint density at radius 2 is 2.12 bits per heavy atom. The lowest BCUT2D eigenvalue weighted by molar-refractivity contribution is -0.0643. The Labute approximate surface area is 139 Å². The Morgan fingerprint density at radius 1 is 1.38 bits per heavy atom. The van der Waals surface area contributed by atoms with Crippen molar-refractivity contribution < 1.29 is 14.6 Å². The molecule has 0 bridgehead atoms. The van der Waals surface area contributed by atoms with Crippen LogP contribution in [-0.4, -0.2) is 28.5 Å². The number of hydrogen-bond acceptors (Lipinski definition) is 5. The number of hydrogen-bond donors (Lipinski definition) is 1. The standard InChI is InChI=1S/C18H18N2O4/c1-18(2)16(21)15(20-8-4-5-14(23-3)17(20)22)12-9-11(10-19)6-7-13(12)24-18/h4-9,15-16,21H,1-3H3/t15-,16+/m1/s1. The Hall–Kier alpha value is -2.78. The largest absolute Gasteiger partial charge is 0.491 e. The number of methoxy groups -OCH3 is 1. The minimum atomic E-state index is -0.983. The highest BCUT2D eigenvalue weighted by Crippen LogP contribution is 2.41. The van der Waals surface area contributed by atoms with Crippen molar-refractivity contribution >= 4 is 0 Å². The number of nitrogens with zero attached hydrogens (tertiary/aromatic N) is 2. The quantitative estimate of drug-likeness (QED) is 0.910. The first kappa shape index (κ1) is 16.1. The Morgan fingerprint density at radius 3 is 2.79 bits per heavy atom. The summed E-state index contributed by atoms with van der Waals surface area (Å²) in [7, 11) is 1.42. The molecule has 1 aliphatic heterocycles. The van der Waals surface area contributed by atoms with Gasteiger partial charge < -0.3 is 19.1 Å². The lowest BCUT2D eigenvalue weighted by Gasteiger charge is -2.42. The van der Waals surface area contributed by atoms with E-state index in [0.717, 1.165) is 0 Å². The van der Waals surface area contributed by atoms with E-state index < -0.39 is 17.7 Å². The molecule has 2 heterocycles. The first-order valence-corrected chi connectivity index (χ1v) is 7.55. The number of fused-ring (bicyclic) bond motifs is 1. The fraction of sp³-hybridized carbons (Fsp3) is 0.333. The molecule has 24 heavy (non-hydrogen) atoms. The number of rotatable bonds is 2. The molecule has 2 atom stereocenters. The van der Waals surface area contributed by atoms with Crippen LogP contribution in [0.1, 0.15) is 31.0 Å². The zero-order valence-electron chi connectivity index (χ0n) is 13.7. The summed E-state index contributed by atoms with van der Waals surface area (Å²) in [6.45, 7) is 3.52. The van der Waals surface area contributed by atoms with Crippen LogP contribution >= 0.6 is 0 Å². The van der Waals surface area contributed by atoms with Gasteiger partial charge in [-0.05, 0) is 44.2 Å². The smallest absolute Gasteiger partial charge is 0.293 e. The normalized spacial score (nSPS) is 21.3. The summed E-state index contributed by atoms with van der Waals surface area (Å²) in [5.41, 5.74) is -0.217. The van der Waals surface area contributed by atoms with Crippen LogP contribution in [0.15, 0.2) is 41.3 Å². The van der Waals surface area contributed by atoms with Gasteiger partial charge in [0.05, 0.1) is 24.8 Å². The van der Waals surface area contributed by atoms with E-state index in [4.69, 9.17) is 14.7 Å². The van der Waals surface area contributed by atoms with Gasteiger partial charge in [0.25, 0.3) is 5.56 Å². The molecule has 0 amide bonds. The minimum Gasteiger partial charge on any atom is -0.491 e. The topological polar surface area (TPSA) is 84.5 Å². The number of ether oxygens (including phenoxy) is 2. The molecule has 0 saturated carbocycles. The maximum Gasteiger partial charge on any atom is 0.293 e. The average Bonchev–Trinajstić information content (AvgIpc) is 2.56. The fourth-order valence-electron chi connectivity index (χ4n) is 3.00. The van der Waals surface area contributed by atoms with Gasteiger partial charge in [-0.2, -0.15) is 5.26 Å². The van der Waals surface area contributed by atoms with Gasteiger partial charge in [0.15, 0.2) is 5.75 Å². The van der Waals surface area contributed by atoms with Crippen LogP contribution in [-0.2, 0) is 0 Å². The van der Waals surface area contributed by atoms with E-state index in [2.05, 4.69) is 6.07 Å². The van der Waals surface area contributed by atoms with Crippen molar-refractivity contribution in [3.8, 4) is 17.6 Å². The van der Waals surface area contributed by atoms with Crippen LogP contribution in [0.25, 0.3) is 0 Å². The van der Waals surface area contributed by atoms with E-state index in [1.165, 1.54) is 11.7 Å². The summed E-state index contributed by atoms with van der Waals surface area (Å²) < 4.78 is 12.4. The van der Waals surface area contributed by atoms with Crippen molar-refractivity contribution in [3.63, 3.8) is 0 Å². The van der Waals surface area contributed by atoms with Gasteiger partial charge in [0.1, 0.15) is 17.5 Å². The summed E-state index contributed by atoms with van der Waals surface area (Å²) in [5.74, 6) is 0.732. The maximum atomic E-state index is 12.6. The third kappa shape index (κ3) is 2.43. The molecule has 2 aromatic rings. The van der Waals surface area contributed by atoms with Crippen molar-refractivity contribution in [2.24, 2.45) is 0 Å². The van der Waals surface area contributed by atoms with E-state index >= 15 is 0 Å². The van der Waals surface area contributed by atoms with Gasteiger partial charge in [-0.15, -0.1) is 0 Å². The molecule has 6 heteroatoms. The number of aliphatic hydroxyl groups excluding tert-OH is 1. The van der Waals surface area contributed by atoms with Crippen molar-refractivity contribution in [2.45, 2.75) is 31.6 Å². The monoisotopic (exact) mass is 326 g/mol. The third-order valence-electron chi connectivity index (χ3n) is 4.30. The van der Waals surface area contributed by atoms with Gasteiger partial charge >= 0.3 is 0 Å². The second kappa shape index (κ2) is 5.69. The third-order valence-corrected chi connectivity index (χ3v) is 4.30. The van der Waals surface area contributed by atoms with Crippen LogP contribution in [0, 0.1) is 11.3 Å². The summed E-state index contributed by atoms with van der Waals surface area (Å²) in [6.07, 6.45) is 0.618. The maximum absolute atomic E-state index is 12.6. The molecular formula is C18H18N2O4. The molecule has 0 radical (unpaired) electrons. The second-order valence-electron chi connectivity index (χ2n) is 6.25. The van der Waals surface area contributed by atoms with Gasteiger partial charge in [0.2, 0.25) is 0 Å². The SMILES string of the molecule is COc1cccn([C@@H]2c3cc(C#N)ccc3OC(C)(C)[C@H]2O)c1=O. The molecule has 1 aromatic heterocycles. The molecule has 0 saturated heterocycles. The molecule has 6 nitrogen and oxygen atoms in total. The number of benzene rings is 1. The summed E-state index contributed by atoms with van der Waals surface area (Å²) in [6, 6.07) is 9.64. The van der Waals surface area contributed by atoms with E-state index in [1.54, 1.807) is 50.4 Å². The highest BCUT2D eigenvalue weighted by atomic mass is 16.5. The molecule has 1 N–H and O–H groups in total. The van der Waals surface area contributed by atoms with Gasteiger partial charge in [-0.3, -0.25) is 4.79 Å². The first-order valence-electron chi connectivity index (χ1n) is 7.55. The summed E-state index contributed by atoms with van der Waals surface area (Å²) in [5, 5.41) is 20.0. The van der Waals surface area contributed by atoms with Crippen molar-refractivity contribution in [3.05, 3.63) is 58.0 Å². The average molecular weight is 326 g/mol. The number of aromatic nitrogens is 1. The van der Waals surface area contributed by atoms with Gasteiger partial charge in [0, 0.05) is 11.8 Å². The predicted octanol–water partition coefficient (Wildman–Crippen LogP) is 1.85. The Balaban J connectivity index is 2.27. The van der Waals surface area contributed by atoms with Gasteiger partial charge in [-0.1, -0.05) is 0 Å². The minimum absolute atomic E-state index is 0.187. The first-order chi connectivity index (χ1) is 11.4. The van der Waals surface area contributed by atoms with Crippen LogP contribution < -0.4 is 15.0 Å². The van der Waals surface area contributed by atoms with E-state index in [1.807, 2.05) is 0 Å². The number of aliphatic hydroxyl groups is 1. The number of pyridine rings is 1. The molecular weight excluding hydrogens is 308 g/mol. The van der Waals surface area contributed by atoms with Crippen molar-refractivity contribution in [1.82, 2.24) is 4.57 Å². The van der Waals surface area contributed by atoms with E-state index in [9.17, 15) is 9.90 Å². The highest BCUT2D eigenvalue weighted by molar-refractivity contribution is 5.47. The van der Waals surface area contributed by atoms with Crippen LogP contribution in [0.4, 0.5) is 0 Å². The second-order valence-corrected chi connectivity index (χ2v) is 6.25. The van der Waals surface area contributed by atoms with Crippen molar-refractivity contribution in [2.75, 3.05) is 7.11 Å². The van der Waals surface area contributed by atoms with Crippen LogP contribution in [0.3, 0.4) is 0 Å². The molecule has 3 rings (SSSR count). The Bertz CT molecular complexity index is 879. The molecule has 1 aliphatic rings. The zero-order chi connectivity index (χ0) is 17.5. The summed E-state index contributed by atoms with van der Waals surface area (Å²) in [4.78, 5) is 12.6. The lowest BCUT2D eigenvalue weighted by Crippen LogP contribution is -2.52. The van der Waals surface area contributed by atoms with E-state index in [0.29, 0.717) is 16.9 Å². The van der Waals surface area contributed by atoms with E-state index in [-0.39, 0.29) is 11.3 Å². The summed E-state index contributed by atoms with van der Waals surface area (Å²) >= 11 is 0.